The Labute approximate surface area is 135 Å². The minimum absolute atomic E-state index is 0.180. The van der Waals surface area contributed by atoms with Gasteiger partial charge >= 0.3 is 5.69 Å². The number of hydrogen-bond acceptors (Lipinski definition) is 7. The molecule has 0 aliphatic carbocycles. The van der Waals surface area contributed by atoms with Crippen molar-refractivity contribution in [2.24, 2.45) is 0 Å². The fraction of sp³-hybridized carbons (Fsp3) is 0.214. The van der Waals surface area contributed by atoms with E-state index in [1.807, 2.05) is 0 Å². The van der Waals surface area contributed by atoms with Gasteiger partial charge in [-0.05, 0) is 19.9 Å². The fourth-order valence-corrected chi connectivity index (χ4v) is 2.08. The zero-order valence-corrected chi connectivity index (χ0v) is 12.7. The number of fused-ring (bicyclic) bond motifs is 1. The number of amides is 1. The van der Waals surface area contributed by atoms with E-state index in [2.05, 4.69) is 20.6 Å². The molecule has 1 aromatic heterocycles. The first-order chi connectivity index (χ1) is 11.3. The Morgan fingerprint density at radius 3 is 2.79 bits per heavy atom. The number of anilines is 3. The first-order valence-electron chi connectivity index (χ1n) is 6.84. The van der Waals surface area contributed by atoms with Crippen molar-refractivity contribution in [2.75, 3.05) is 10.6 Å². The summed E-state index contributed by atoms with van der Waals surface area (Å²) in [6.45, 7) is 3.15. The van der Waals surface area contributed by atoms with Gasteiger partial charge in [-0.2, -0.15) is 4.39 Å². The number of carbonyl (C=O) groups excluding carboxylic acids is 1. The van der Waals surface area contributed by atoms with Gasteiger partial charge in [0.1, 0.15) is 6.33 Å². The molecule has 0 bridgehead atoms. The van der Waals surface area contributed by atoms with Crippen molar-refractivity contribution in [3.05, 3.63) is 40.5 Å². The number of halogens is 1. The number of rotatable bonds is 3. The number of ether oxygens (including phenoxy) is 1. The predicted octanol–water partition coefficient (Wildman–Crippen LogP) is 2.38. The van der Waals surface area contributed by atoms with Gasteiger partial charge in [-0.25, -0.2) is 9.97 Å². The second-order valence-corrected chi connectivity index (χ2v) is 5.51. The number of aromatic nitrogens is 2. The first kappa shape index (κ1) is 15.6. The normalized spacial score (nSPS) is 15.0. The highest BCUT2D eigenvalue weighted by atomic mass is 19.1. The lowest BCUT2D eigenvalue weighted by atomic mass is 10.1. The number of carbonyl (C=O) groups is 1. The van der Waals surface area contributed by atoms with E-state index in [0.29, 0.717) is 0 Å². The molecule has 1 aliphatic heterocycles. The predicted molar refractivity (Wildman–Crippen MR) is 81.7 cm³/mol. The second-order valence-electron chi connectivity index (χ2n) is 5.51. The molecule has 0 spiro atoms. The van der Waals surface area contributed by atoms with Crippen LogP contribution in [0.1, 0.15) is 13.8 Å². The van der Waals surface area contributed by atoms with Gasteiger partial charge in [-0.1, -0.05) is 0 Å². The van der Waals surface area contributed by atoms with E-state index in [4.69, 9.17) is 4.74 Å². The van der Waals surface area contributed by atoms with Crippen molar-refractivity contribution in [3.8, 4) is 5.75 Å². The Kier molecular flexibility index (Phi) is 3.51. The number of nitro groups is 1. The van der Waals surface area contributed by atoms with E-state index in [-0.39, 0.29) is 29.0 Å². The van der Waals surface area contributed by atoms with E-state index in [1.165, 1.54) is 12.4 Å². The topological polar surface area (TPSA) is 119 Å². The summed E-state index contributed by atoms with van der Waals surface area (Å²) >= 11 is 0. The van der Waals surface area contributed by atoms with Crippen molar-refractivity contribution in [3.63, 3.8) is 0 Å². The molecule has 0 fully saturated rings. The van der Waals surface area contributed by atoms with Crippen LogP contribution in [0.3, 0.4) is 0 Å². The summed E-state index contributed by atoms with van der Waals surface area (Å²) in [5, 5.41) is 16.0. The number of benzene rings is 1. The molecule has 2 N–H and O–H groups in total. The Morgan fingerprint density at radius 1 is 1.38 bits per heavy atom. The molecule has 2 heterocycles. The van der Waals surface area contributed by atoms with Gasteiger partial charge < -0.3 is 15.4 Å². The molecule has 24 heavy (non-hydrogen) atoms. The SMILES string of the molecule is CC1(C)Oc2c(ncnc2Nc2ccc([N+](=O)[O-])c(F)c2)NC1=O. The van der Waals surface area contributed by atoms with Crippen LogP contribution >= 0.6 is 0 Å². The van der Waals surface area contributed by atoms with Crippen LogP contribution in [0.2, 0.25) is 0 Å². The van der Waals surface area contributed by atoms with E-state index in [0.717, 1.165) is 12.1 Å². The van der Waals surface area contributed by atoms with Crippen LogP contribution in [0, 0.1) is 15.9 Å². The van der Waals surface area contributed by atoms with Gasteiger partial charge in [-0.3, -0.25) is 14.9 Å². The quantitative estimate of drug-likeness (QED) is 0.653. The summed E-state index contributed by atoms with van der Waals surface area (Å²) in [4.78, 5) is 29.6. The monoisotopic (exact) mass is 333 g/mol. The summed E-state index contributed by atoms with van der Waals surface area (Å²) in [5.74, 6) is -0.773. The summed E-state index contributed by atoms with van der Waals surface area (Å²) < 4.78 is 19.3. The number of nitro benzene ring substituents is 1. The molecule has 1 amide bonds. The Bertz CT molecular complexity index is 855. The van der Waals surface area contributed by atoms with E-state index >= 15 is 0 Å². The van der Waals surface area contributed by atoms with Crippen LogP contribution in [0.15, 0.2) is 24.5 Å². The Hall–Kier alpha value is -3.30. The highest BCUT2D eigenvalue weighted by Gasteiger charge is 2.37. The highest BCUT2D eigenvalue weighted by Crippen LogP contribution is 2.38. The van der Waals surface area contributed by atoms with Gasteiger partial charge in [0.25, 0.3) is 5.91 Å². The van der Waals surface area contributed by atoms with E-state index in [1.54, 1.807) is 13.8 Å². The lowest BCUT2D eigenvalue weighted by Crippen LogP contribution is -2.46. The van der Waals surface area contributed by atoms with Gasteiger partial charge in [0.2, 0.25) is 11.6 Å². The van der Waals surface area contributed by atoms with Gasteiger partial charge in [0, 0.05) is 17.8 Å². The number of nitrogens with zero attached hydrogens (tertiary/aromatic N) is 3. The Morgan fingerprint density at radius 2 is 2.12 bits per heavy atom. The zero-order chi connectivity index (χ0) is 17.5. The molecule has 3 rings (SSSR count). The average Bonchev–Trinajstić information content (AvgIpc) is 2.49. The smallest absolute Gasteiger partial charge is 0.304 e. The van der Waals surface area contributed by atoms with Crippen LogP contribution in [0.25, 0.3) is 0 Å². The van der Waals surface area contributed by atoms with Gasteiger partial charge in [0.05, 0.1) is 4.92 Å². The van der Waals surface area contributed by atoms with Crippen molar-refractivity contribution in [1.29, 1.82) is 0 Å². The summed E-state index contributed by atoms with van der Waals surface area (Å²) in [6.07, 6.45) is 1.20. The van der Waals surface area contributed by atoms with Crippen molar-refractivity contribution < 1.29 is 18.8 Å². The minimum atomic E-state index is -1.13. The van der Waals surface area contributed by atoms with Crippen LogP contribution in [0.5, 0.6) is 5.75 Å². The van der Waals surface area contributed by atoms with Crippen molar-refractivity contribution in [2.45, 2.75) is 19.4 Å². The maximum Gasteiger partial charge on any atom is 0.304 e. The van der Waals surface area contributed by atoms with Gasteiger partial charge in [-0.15, -0.1) is 0 Å². The summed E-state index contributed by atoms with van der Waals surface area (Å²) in [6, 6.07) is 3.35. The third kappa shape index (κ3) is 2.69. The van der Waals surface area contributed by atoms with Crippen LogP contribution < -0.4 is 15.4 Å². The molecule has 0 radical (unpaired) electrons. The summed E-state index contributed by atoms with van der Waals surface area (Å²) in [5.41, 5.74) is -1.53. The summed E-state index contributed by atoms with van der Waals surface area (Å²) in [7, 11) is 0. The highest BCUT2D eigenvalue weighted by molar-refractivity contribution is 6.00. The zero-order valence-electron chi connectivity index (χ0n) is 12.7. The molecule has 0 atom stereocenters. The molecule has 124 valence electrons. The largest absolute Gasteiger partial charge is 0.470 e. The van der Waals surface area contributed by atoms with Crippen molar-refractivity contribution in [1.82, 2.24) is 9.97 Å². The first-order valence-corrected chi connectivity index (χ1v) is 6.84. The Balaban J connectivity index is 1.95. The fourth-order valence-electron chi connectivity index (χ4n) is 2.08. The molecular formula is C14H12FN5O4. The van der Waals surface area contributed by atoms with Crippen LogP contribution in [-0.2, 0) is 4.79 Å². The van der Waals surface area contributed by atoms with E-state index in [9.17, 15) is 19.3 Å². The third-order valence-electron chi connectivity index (χ3n) is 3.35. The third-order valence-corrected chi connectivity index (χ3v) is 3.35. The standard InChI is InChI=1S/C14H12FN5O4/c1-14(2)13(21)19-12-10(24-14)11(16-6-17-12)18-7-3-4-9(20(22)23)8(15)5-7/h3-6H,1-2H3,(H2,16,17,18,19,21). The molecular weight excluding hydrogens is 321 g/mol. The molecule has 0 saturated heterocycles. The van der Waals surface area contributed by atoms with E-state index < -0.39 is 22.0 Å². The molecule has 0 saturated carbocycles. The molecule has 1 aliphatic rings. The van der Waals surface area contributed by atoms with Gasteiger partial charge in [0.15, 0.2) is 17.2 Å². The molecule has 9 nitrogen and oxygen atoms in total. The van der Waals surface area contributed by atoms with Crippen LogP contribution in [0.4, 0.5) is 27.4 Å². The second kappa shape index (κ2) is 5.41. The molecule has 0 unspecified atom stereocenters. The number of hydrogen-bond donors (Lipinski definition) is 2. The lowest BCUT2D eigenvalue weighted by Gasteiger charge is -2.31. The van der Waals surface area contributed by atoms with Crippen LogP contribution in [-0.4, -0.2) is 26.4 Å². The molecule has 10 heteroatoms. The lowest BCUT2D eigenvalue weighted by molar-refractivity contribution is -0.387. The molecule has 1 aromatic carbocycles. The average molecular weight is 333 g/mol. The minimum Gasteiger partial charge on any atom is -0.470 e. The molecule has 2 aromatic rings. The maximum absolute atomic E-state index is 13.7. The maximum atomic E-state index is 13.7. The number of nitrogens with one attached hydrogen (secondary N) is 2. The van der Waals surface area contributed by atoms with Crippen molar-refractivity contribution >= 4 is 28.9 Å².